The molecule has 1 aliphatic rings. The molecule has 0 aromatic heterocycles. The molecule has 23 heavy (non-hydrogen) atoms. The number of hydrogen-bond donors (Lipinski definition) is 0. The van der Waals surface area contributed by atoms with Crippen molar-refractivity contribution in [2.45, 2.75) is 18.4 Å². The van der Waals surface area contributed by atoms with E-state index in [2.05, 4.69) is 4.74 Å². The van der Waals surface area contributed by atoms with Crippen molar-refractivity contribution in [3.05, 3.63) is 47.1 Å². The Hall–Kier alpha value is -1.93. The van der Waals surface area contributed by atoms with Gasteiger partial charge in [-0.25, -0.2) is 30.7 Å². The fourth-order valence-electron chi connectivity index (χ4n) is 2.35. The second-order valence-corrected chi connectivity index (χ2v) is 5.19. The molecule has 1 aliphatic carbocycles. The van der Waals surface area contributed by atoms with Gasteiger partial charge in [-0.3, -0.25) is 0 Å². The molecule has 2 rings (SSSR count). The lowest BCUT2D eigenvalue weighted by Gasteiger charge is -2.25. The zero-order valence-electron chi connectivity index (χ0n) is 12.0. The van der Waals surface area contributed by atoms with E-state index in [9.17, 15) is 30.7 Å². The molecule has 0 bridgehead atoms. The molecule has 0 fully saturated rings. The summed E-state index contributed by atoms with van der Waals surface area (Å²) in [7, 11) is -0.0426. The molecule has 1 aromatic rings. The summed E-state index contributed by atoms with van der Waals surface area (Å²) in [6.07, 6.45) is 0.191. The minimum atomic E-state index is -2.99. The second kappa shape index (κ2) is 5.94. The first kappa shape index (κ1) is 17.4. The van der Waals surface area contributed by atoms with E-state index in [0.717, 1.165) is 7.11 Å². The Labute approximate surface area is 127 Å². The fraction of sp³-hybridized carbons (Fsp3) is 0.286. The molecule has 0 radical (unpaired) electrons. The average molecular weight is 338 g/mol. The molecule has 1 aromatic carbocycles. The highest BCUT2D eigenvalue weighted by molar-refractivity contribution is 6.57. The molecule has 0 aliphatic heterocycles. The average Bonchev–Trinajstić information content (AvgIpc) is 2.46. The first-order chi connectivity index (χ1) is 10.6. The van der Waals surface area contributed by atoms with Crippen molar-refractivity contribution in [2.24, 2.45) is 0 Å². The Balaban J connectivity index is 2.52. The Morgan fingerprint density at radius 1 is 1.09 bits per heavy atom. The van der Waals surface area contributed by atoms with Crippen molar-refractivity contribution in [3.63, 3.8) is 0 Å². The van der Waals surface area contributed by atoms with Crippen LogP contribution in [0.4, 0.5) is 30.7 Å². The number of hydrogen-bond acceptors (Lipinski definition) is 1. The predicted octanol–water partition coefficient (Wildman–Crippen LogP) is 3.71. The Morgan fingerprint density at radius 3 is 2.26 bits per heavy atom. The normalized spacial score (nSPS) is 24.6. The first-order valence-electron chi connectivity index (χ1n) is 6.43. The van der Waals surface area contributed by atoms with Crippen LogP contribution in [0.5, 0.6) is 5.75 Å². The molecule has 0 spiro atoms. The van der Waals surface area contributed by atoms with E-state index >= 15 is 0 Å². The Morgan fingerprint density at radius 2 is 1.70 bits per heavy atom. The van der Waals surface area contributed by atoms with Gasteiger partial charge >= 0.3 is 0 Å². The van der Waals surface area contributed by atoms with E-state index in [-0.39, 0.29) is 12.1 Å². The van der Waals surface area contributed by atoms with Gasteiger partial charge in [0, 0.05) is 11.9 Å². The molecule has 0 N–H and O–H groups in total. The van der Waals surface area contributed by atoms with E-state index in [1.165, 1.54) is 0 Å². The quantitative estimate of drug-likeness (QED) is 0.464. The number of halogens is 7. The van der Waals surface area contributed by atoms with Crippen molar-refractivity contribution >= 4 is 12.7 Å². The van der Waals surface area contributed by atoms with Gasteiger partial charge in [0.15, 0.2) is 42.0 Å². The van der Waals surface area contributed by atoms with Crippen molar-refractivity contribution < 1.29 is 35.5 Å². The number of methoxy groups -OCH3 is 1. The monoisotopic (exact) mass is 338 g/mol. The van der Waals surface area contributed by atoms with Gasteiger partial charge in [0.2, 0.25) is 0 Å². The third-order valence-corrected chi connectivity index (χ3v) is 3.52. The van der Waals surface area contributed by atoms with Crippen molar-refractivity contribution in [1.82, 2.24) is 0 Å². The molecule has 0 saturated heterocycles. The summed E-state index contributed by atoms with van der Waals surface area (Å²) < 4.78 is 100. The summed E-state index contributed by atoms with van der Waals surface area (Å²) in [5.74, 6) is -12.4. The van der Waals surface area contributed by atoms with Gasteiger partial charge in [0.25, 0.3) is 0 Å². The minimum Gasteiger partial charge on any atom is -0.494 e. The summed E-state index contributed by atoms with van der Waals surface area (Å²) >= 11 is 0. The van der Waals surface area contributed by atoms with Crippen LogP contribution in [0.15, 0.2) is 29.6 Å². The van der Waals surface area contributed by atoms with Crippen LogP contribution in [0.25, 0.3) is 0 Å². The molecule has 0 saturated carbocycles. The molecule has 0 heterocycles. The molecular weight excluding hydrogens is 328 g/mol. The number of allylic oxidation sites excluding steroid dienone is 4. The molecule has 9 heteroatoms. The fourth-order valence-corrected chi connectivity index (χ4v) is 2.35. The Kier molecular flexibility index (Phi) is 4.50. The number of benzene rings is 1. The van der Waals surface area contributed by atoms with Gasteiger partial charge in [-0.15, -0.1) is 0 Å². The Bertz CT molecular complexity index is 712. The first-order valence-corrected chi connectivity index (χ1v) is 6.43. The highest BCUT2D eigenvalue weighted by Crippen LogP contribution is 2.43. The summed E-state index contributed by atoms with van der Waals surface area (Å²) in [5.41, 5.74) is -3.80. The number of ether oxygens (including phenoxy) is 1. The lowest BCUT2D eigenvalue weighted by Crippen LogP contribution is -2.32. The number of rotatable bonds is 3. The molecular formula is C14H10BF7O. The van der Waals surface area contributed by atoms with Gasteiger partial charge < -0.3 is 4.74 Å². The second-order valence-electron chi connectivity index (χ2n) is 5.19. The molecule has 0 amide bonds. The topological polar surface area (TPSA) is 9.23 Å². The van der Waals surface area contributed by atoms with Gasteiger partial charge in [-0.05, 0) is 18.5 Å². The summed E-state index contributed by atoms with van der Waals surface area (Å²) in [6, 6.07) is 0.205. The summed E-state index contributed by atoms with van der Waals surface area (Å²) in [5, 5.41) is 0. The highest BCUT2D eigenvalue weighted by Gasteiger charge is 2.42. The van der Waals surface area contributed by atoms with E-state index in [0.29, 0.717) is 6.92 Å². The van der Waals surface area contributed by atoms with E-state index in [1.54, 1.807) is 0 Å². The van der Waals surface area contributed by atoms with E-state index < -0.39 is 64.9 Å². The van der Waals surface area contributed by atoms with Crippen LogP contribution >= 0.6 is 0 Å². The van der Waals surface area contributed by atoms with Crippen molar-refractivity contribution in [2.75, 3.05) is 7.11 Å². The van der Waals surface area contributed by atoms with Crippen LogP contribution < -0.4 is 10.2 Å². The highest BCUT2D eigenvalue weighted by atomic mass is 19.2. The van der Waals surface area contributed by atoms with E-state index in [4.69, 9.17) is 0 Å². The zero-order chi connectivity index (χ0) is 17.5. The number of alkyl halides is 1. The lowest BCUT2D eigenvalue weighted by molar-refractivity contribution is 0.233. The SMILES string of the molecule is COc1c(F)cc(F)c(F)c1BC1C(F)=CC(C)(F)C(F)=C1F. The molecule has 1 nitrogen and oxygen atoms in total. The maximum atomic E-state index is 13.9. The minimum absolute atomic E-state index is 0.191. The van der Waals surface area contributed by atoms with Crippen molar-refractivity contribution in [3.8, 4) is 5.75 Å². The van der Waals surface area contributed by atoms with Crippen LogP contribution in [0.2, 0.25) is 5.82 Å². The summed E-state index contributed by atoms with van der Waals surface area (Å²) in [4.78, 5) is 0. The largest absolute Gasteiger partial charge is 0.494 e. The van der Waals surface area contributed by atoms with Crippen molar-refractivity contribution in [1.29, 1.82) is 0 Å². The van der Waals surface area contributed by atoms with Crippen LogP contribution in [0.1, 0.15) is 6.92 Å². The maximum absolute atomic E-state index is 13.9. The van der Waals surface area contributed by atoms with Crippen LogP contribution in [0, 0.1) is 17.5 Å². The van der Waals surface area contributed by atoms with Gasteiger partial charge in [0.05, 0.1) is 7.11 Å². The predicted molar refractivity (Wildman–Crippen MR) is 71.3 cm³/mol. The molecule has 2 atom stereocenters. The lowest BCUT2D eigenvalue weighted by atomic mass is 9.56. The van der Waals surface area contributed by atoms with Gasteiger partial charge in [-0.1, -0.05) is 0 Å². The van der Waals surface area contributed by atoms with Gasteiger partial charge in [-0.2, -0.15) is 0 Å². The van der Waals surface area contributed by atoms with Gasteiger partial charge in [0.1, 0.15) is 11.7 Å². The smallest absolute Gasteiger partial charge is 0.186 e. The third kappa shape index (κ3) is 2.96. The zero-order valence-corrected chi connectivity index (χ0v) is 12.0. The van der Waals surface area contributed by atoms with E-state index in [1.807, 2.05) is 0 Å². The maximum Gasteiger partial charge on any atom is 0.186 e. The standard InChI is InChI=1S/C14H10BF7O/c1-14(22)4-7(18)8(11(20)13(14)21)15-9-10(19)5(16)3-6(17)12(9)23-2/h3-4,8,15H,1-2H3. The third-order valence-electron chi connectivity index (χ3n) is 3.52. The summed E-state index contributed by atoms with van der Waals surface area (Å²) in [6.45, 7) is 0.598. The van der Waals surface area contributed by atoms with Crippen LogP contribution in [-0.2, 0) is 0 Å². The van der Waals surface area contributed by atoms with Crippen LogP contribution in [0.3, 0.4) is 0 Å². The molecule has 2 unspecified atom stereocenters. The van der Waals surface area contributed by atoms with Crippen LogP contribution in [-0.4, -0.2) is 20.1 Å². The molecule has 124 valence electrons.